The SMILES string of the molecule is Clc1ccc(OCCn2c(Cc3ccccc3)nc3ccccc32)cc1. The molecular weight excluding hydrogens is 344 g/mol. The molecule has 0 N–H and O–H groups in total. The number of ether oxygens (including phenoxy) is 1. The molecule has 0 saturated carbocycles. The van der Waals surface area contributed by atoms with Gasteiger partial charge in [-0.1, -0.05) is 54.1 Å². The number of hydrogen-bond acceptors (Lipinski definition) is 2. The molecule has 4 heteroatoms. The number of rotatable bonds is 6. The maximum absolute atomic E-state index is 5.92. The Kier molecular flexibility index (Phi) is 4.89. The third-order valence-corrected chi connectivity index (χ3v) is 4.59. The summed E-state index contributed by atoms with van der Waals surface area (Å²) >= 11 is 5.92. The van der Waals surface area contributed by atoms with Gasteiger partial charge in [-0.2, -0.15) is 0 Å². The van der Waals surface area contributed by atoms with Gasteiger partial charge in [0.2, 0.25) is 0 Å². The van der Waals surface area contributed by atoms with E-state index in [2.05, 4.69) is 41.0 Å². The topological polar surface area (TPSA) is 27.1 Å². The lowest BCUT2D eigenvalue weighted by atomic mass is 10.1. The van der Waals surface area contributed by atoms with Crippen molar-refractivity contribution < 1.29 is 4.74 Å². The van der Waals surface area contributed by atoms with E-state index in [0.29, 0.717) is 11.6 Å². The third-order valence-electron chi connectivity index (χ3n) is 4.34. The van der Waals surface area contributed by atoms with E-state index in [0.717, 1.165) is 35.6 Å². The number of para-hydroxylation sites is 2. The number of nitrogens with zero attached hydrogens (tertiary/aromatic N) is 2. The molecular formula is C22H19ClN2O. The van der Waals surface area contributed by atoms with Gasteiger partial charge < -0.3 is 9.30 Å². The quantitative estimate of drug-likeness (QED) is 0.461. The minimum Gasteiger partial charge on any atom is -0.492 e. The molecule has 0 aliphatic carbocycles. The van der Waals surface area contributed by atoms with Gasteiger partial charge in [0.05, 0.1) is 17.6 Å². The summed E-state index contributed by atoms with van der Waals surface area (Å²) in [6.07, 6.45) is 0.802. The van der Waals surface area contributed by atoms with Crippen LogP contribution in [0.4, 0.5) is 0 Å². The monoisotopic (exact) mass is 362 g/mol. The highest BCUT2D eigenvalue weighted by Gasteiger charge is 2.11. The fourth-order valence-corrected chi connectivity index (χ4v) is 3.20. The van der Waals surface area contributed by atoms with Crippen molar-refractivity contribution in [3.63, 3.8) is 0 Å². The first-order valence-corrected chi connectivity index (χ1v) is 9.04. The molecule has 0 aliphatic rings. The van der Waals surface area contributed by atoms with E-state index in [-0.39, 0.29) is 0 Å². The second-order valence-corrected chi connectivity index (χ2v) is 6.57. The lowest BCUT2D eigenvalue weighted by Crippen LogP contribution is -2.11. The fourth-order valence-electron chi connectivity index (χ4n) is 3.07. The van der Waals surface area contributed by atoms with Crippen LogP contribution in [0.5, 0.6) is 5.75 Å². The van der Waals surface area contributed by atoms with Crippen molar-refractivity contribution in [1.29, 1.82) is 0 Å². The number of hydrogen-bond donors (Lipinski definition) is 0. The largest absolute Gasteiger partial charge is 0.492 e. The van der Waals surface area contributed by atoms with Crippen molar-refractivity contribution in [2.45, 2.75) is 13.0 Å². The standard InChI is InChI=1S/C22H19ClN2O/c23-18-10-12-19(13-11-18)26-15-14-25-21-9-5-4-8-20(21)24-22(25)16-17-6-2-1-3-7-17/h1-13H,14-16H2. The van der Waals surface area contributed by atoms with Gasteiger partial charge in [-0.3, -0.25) is 0 Å². The number of benzene rings is 3. The molecule has 4 rings (SSSR count). The van der Waals surface area contributed by atoms with Gasteiger partial charge in [-0.05, 0) is 42.0 Å². The average molecular weight is 363 g/mol. The first-order valence-electron chi connectivity index (χ1n) is 8.66. The molecule has 130 valence electrons. The van der Waals surface area contributed by atoms with E-state index in [1.54, 1.807) is 0 Å². The summed E-state index contributed by atoms with van der Waals surface area (Å²) in [5, 5.41) is 0.711. The lowest BCUT2D eigenvalue weighted by molar-refractivity contribution is 0.298. The first-order chi connectivity index (χ1) is 12.8. The highest BCUT2D eigenvalue weighted by atomic mass is 35.5. The van der Waals surface area contributed by atoms with Gasteiger partial charge in [-0.25, -0.2) is 4.98 Å². The van der Waals surface area contributed by atoms with Crippen LogP contribution in [0.2, 0.25) is 5.02 Å². The average Bonchev–Trinajstić information content (AvgIpc) is 3.01. The van der Waals surface area contributed by atoms with Crippen LogP contribution in [0.25, 0.3) is 11.0 Å². The van der Waals surface area contributed by atoms with Crippen LogP contribution in [0.15, 0.2) is 78.9 Å². The van der Waals surface area contributed by atoms with Crippen LogP contribution < -0.4 is 4.74 Å². The summed E-state index contributed by atoms with van der Waals surface area (Å²) in [5.41, 5.74) is 3.41. The van der Waals surface area contributed by atoms with Crippen molar-refractivity contribution in [3.8, 4) is 5.75 Å². The predicted molar refractivity (Wildman–Crippen MR) is 106 cm³/mol. The van der Waals surface area contributed by atoms with Gasteiger partial charge in [0.15, 0.2) is 0 Å². The minimum atomic E-state index is 0.573. The van der Waals surface area contributed by atoms with Crippen molar-refractivity contribution in [1.82, 2.24) is 9.55 Å². The van der Waals surface area contributed by atoms with Crippen LogP contribution in [0.1, 0.15) is 11.4 Å². The van der Waals surface area contributed by atoms with Crippen LogP contribution in [0.3, 0.4) is 0 Å². The van der Waals surface area contributed by atoms with Crippen molar-refractivity contribution in [3.05, 3.63) is 95.3 Å². The Balaban J connectivity index is 1.56. The van der Waals surface area contributed by atoms with Crippen LogP contribution >= 0.6 is 11.6 Å². The molecule has 0 radical (unpaired) electrons. The second kappa shape index (κ2) is 7.63. The molecule has 26 heavy (non-hydrogen) atoms. The van der Waals surface area contributed by atoms with Gasteiger partial charge in [0.1, 0.15) is 18.2 Å². The van der Waals surface area contributed by atoms with Crippen LogP contribution in [0, 0.1) is 0 Å². The van der Waals surface area contributed by atoms with Gasteiger partial charge in [0.25, 0.3) is 0 Å². The van der Waals surface area contributed by atoms with Crippen LogP contribution in [-0.4, -0.2) is 16.2 Å². The number of fused-ring (bicyclic) bond motifs is 1. The smallest absolute Gasteiger partial charge is 0.119 e. The lowest BCUT2D eigenvalue weighted by Gasteiger charge is -2.11. The number of aromatic nitrogens is 2. The van der Waals surface area contributed by atoms with E-state index in [4.69, 9.17) is 21.3 Å². The van der Waals surface area contributed by atoms with E-state index >= 15 is 0 Å². The van der Waals surface area contributed by atoms with Crippen LogP contribution in [-0.2, 0) is 13.0 Å². The zero-order chi connectivity index (χ0) is 17.8. The minimum absolute atomic E-state index is 0.573. The highest BCUT2D eigenvalue weighted by molar-refractivity contribution is 6.30. The Morgan fingerprint density at radius 1 is 0.846 bits per heavy atom. The third kappa shape index (κ3) is 3.73. The Labute approximate surface area is 157 Å². The van der Waals surface area contributed by atoms with E-state index in [1.807, 2.05) is 42.5 Å². The normalized spacial score (nSPS) is 11.0. The molecule has 0 unspecified atom stereocenters. The second-order valence-electron chi connectivity index (χ2n) is 6.13. The summed E-state index contributed by atoms with van der Waals surface area (Å²) in [6.45, 7) is 1.31. The zero-order valence-electron chi connectivity index (χ0n) is 14.3. The summed E-state index contributed by atoms with van der Waals surface area (Å²) in [4.78, 5) is 4.84. The number of halogens is 1. The Bertz CT molecular complexity index is 994. The molecule has 3 nitrogen and oxygen atoms in total. The van der Waals surface area contributed by atoms with Crippen molar-refractivity contribution in [2.75, 3.05) is 6.61 Å². The molecule has 1 aromatic heterocycles. The molecule has 0 saturated heterocycles. The maximum Gasteiger partial charge on any atom is 0.119 e. The molecule has 0 fully saturated rings. The Morgan fingerprint density at radius 2 is 1.58 bits per heavy atom. The molecule has 0 atom stereocenters. The van der Waals surface area contributed by atoms with E-state index in [9.17, 15) is 0 Å². The molecule has 0 aliphatic heterocycles. The molecule has 4 aromatic rings. The predicted octanol–water partition coefficient (Wildman–Crippen LogP) is 5.36. The molecule has 3 aromatic carbocycles. The number of imidazole rings is 1. The van der Waals surface area contributed by atoms with Crippen molar-refractivity contribution >= 4 is 22.6 Å². The Hall–Kier alpha value is -2.78. The van der Waals surface area contributed by atoms with Crippen molar-refractivity contribution in [2.24, 2.45) is 0 Å². The molecule has 0 spiro atoms. The zero-order valence-corrected chi connectivity index (χ0v) is 15.1. The summed E-state index contributed by atoms with van der Waals surface area (Å²) < 4.78 is 8.13. The molecule has 0 bridgehead atoms. The molecule has 1 heterocycles. The summed E-state index contributed by atoms with van der Waals surface area (Å²) in [6, 6.07) is 26.1. The van der Waals surface area contributed by atoms with Gasteiger partial charge >= 0.3 is 0 Å². The highest BCUT2D eigenvalue weighted by Crippen LogP contribution is 2.20. The maximum atomic E-state index is 5.92. The van der Waals surface area contributed by atoms with E-state index < -0.39 is 0 Å². The van der Waals surface area contributed by atoms with Gasteiger partial charge in [0, 0.05) is 11.4 Å². The summed E-state index contributed by atoms with van der Waals surface area (Å²) in [5.74, 6) is 1.88. The summed E-state index contributed by atoms with van der Waals surface area (Å²) in [7, 11) is 0. The fraction of sp³-hybridized carbons (Fsp3) is 0.136. The van der Waals surface area contributed by atoms with E-state index in [1.165, 1.54) is 5.56 Å². The first kappa shape index (κ1) is 16.7. The Morgan fingerprint density at radius 3 is 2.38 bits per heavy atom. The molecule has 0 amide bonds. The van der Waals surface area contributed by atoms with Gasteiger partial charge in [-0.15, -0.1) is 0 Å².